The quantitative estimate of drug-likeness (QED) is 0.568. The highest BCUT2D eigenvalue weighted by atomic mass is 31.2. The van der Waals surface area contributed by atoms with Crippen molar-refractivity contribution in [3.63, 3.8) is 0 Å². The molecule has 2 aromatic carbocycles. The Balaban J connectivity index is 2.46. The SMILES string of the molecule is N[C@@H](Cc1cccc(-c2ccccc2)c1CCP(=O)(O)O)C(=O)O. The van der Waals surface area contributed by atoms with Gasteiger partial charge in [-0.15, -0.1) is 0 Å². The van der Waals surface area contributed by atoms with Gasteiger partial charge in [0.05, 0.1) is 6.16 Å². The first-order chi connectivity index (χ1) is 11.3. The Kier molecular flexibility index (Phi) is 5.91. The third kappa shape index (κ3) is 5.01. The molecule has 128 valence electrons. The van der Waals surface area contributed by atoms with Crippen LogP contribution in [0.2, 0.25) is 0 Å². The zero-order valence-corrected chi connectivity index (χ0v) is 13.9. The molecule has 0 saturated heterocycles. The van der Waals surface area contributed by atoms with Crippen molar-refractivity contribution in [2.45, 2.75) is 18.9 Å². The molecule has 0 fully saturated rings. The molecule has 0 unspecified atom stereocenters. The molecule has 2 aromatic rings. The molecule has 0 aliphatic carbocycles. The van der Waals surface area contributed by atoms with Crippen molar-refractivity contribution in [3.05, 3.63) is 59.7 Å². The molecule has 1 atom stereocenters. The van der Waals surface area contributed by atoms with Gasteiger partial charge < -0.3 is 20.6 Å². The second-order valence-corrected chi connectivity index (χ2v) is 7.37. The third-order valence-corrected chi connectivity index (χ3v) is 4.57. The van der Waals surface area contributed by atoms with Gasteiger partial charge in [-0.2, -0.15) is 0 Å². The first kappa shape index (κ1) is 18.4. The maximum Gasteiger partial charge on any atom is 0.325 e. The lowest BCUT2D eigenvalue weighted by Gasteiger charge is -2.17. The van der Waals surface area contributed by atoms with Crippen molar-refractivity contribution in [2.75, 3.05) is 6.16 Å². The standard InChI is InChI=1S/C17H20NO5P/c18-16(17(19)20)11-13-7-4-8-14(12-5-2-1-3-6-12)15(13)9-10-24(21,22)23/h1-8,16H,9-11,18H2,(H,19,20)(H2,21,22,23)/t16-/m0/s1. The first-order valence-corrected chi connectivity index (χ1v) is 9.27. The highest BCUT2D eigenvalue weighted by Crippen LogP contribution is 2.37. The molecule has 0 spiro atoms. The summed E-state index contributed by atoms with van der Waals surface area (Å²) in [4.78, 5) is 29.4. The van der Waals surface area contributed by atoms with E-state index in [2.05, 4.69) is 0 Å². The topological polar surface area (TPSA) is 121 Å². The van der Waals surface area contributed by atoms with Gasteiger partial charge in [0, 0.05) is 0 Å². The van der Waals surface area contributed by atoms with Crippen LogP contribution in [-0.2, 0) is 22.2 Å². The Morgan fingerprint density at radius 2 is 1.75 bits per heavy atom. The molecule has 0 bridgehead atoms. The molecule has 0 heterocycles. The number of carbonyl (C=O) groups is 1. The lowest BCUT2D eigenvalue weighted by Crippen LogP contribution is -2.32. The summed E-state index contributed by atoms with van der Waals surface area (Å²) in [6.07, 6.45) is -0.0460. The fourth-order valence-electron chi connectivity index (χ4n) is 2.59. The van der Waals surface area contributed by atoms with Crippen molar-refractivity contribution in [1.29, 1.82) is 0 Å². The second-order valence-electron chi connectivity index (χ2n) is 5.60. The number of nitrogens with two attached hydrogens (primary N) is 1. The molecule has 0 aliphatic rings. The van der Waals surface area contributed by atoms with E-state index in [-0.39, 0.29) is 19.0 Å². The van der Waals surface area contributed by atoms with E-state index in [0.29, 0.717) is 5.56 Å². The number of rotatable bonds is 7. The minimum Gasteiger partial charge on any atom is -0.480 e. The summed E-state index contributed by atoms with van der Waals surface area (Å²) in [5.41, 5.74) is 8.79. The molecule has 0 saturated carbocycles. The van der Waals surface area contributed by atoms with Gasteiger partial charge in [-0.25, -0.2) is 0 Å². The molecule has 0 amide bonds. The van der Waals surface area contributed by atoms with Crippen LogP contribution >= 0.6 is 7.60 Å². The lowest BCUT2D eigenvalue weighted by atomic mass is 9.91. The van der Waals surface area contributed by atoms with Gasteiger partial charge in [0.25, 0.3) is 0 Å². The number of hydrogen-bond donors (Lipinski definition) is 4. The lowest BCUT2D eigenvalue weighted by molar-refractivity contribution is -0.138. The van der Waals surface area contributed by atoms with Crippen LogP contribution in [0.25, 0.3) is 11.1 Å². The van der Waals surface area contributed by atoms with Crippen molar-refractivity contribution in [3.8, 4) is 11.1 Å². The number of aliphatic carboxylic acids is 1. The van der Waals surface area contributed by atoms with Gasteiger partial charge in [-0.05, 0) is 35.1 Å². The van der Waals surface area contributed by atoms with Gasteiger partial charge in [0.15, 0.2) is 0 Å². The van der Waals surface area contributed by atoms with Crippen LogP contribution in [0, 0.1) is 0 Å². The minimum atomic E-state index is -4.16. The minimum absolute atomic E-state index is 0.104. The zero-order valence-electron chi connectivity index (χ0n) is 13.0. The average Bonchev–Trinajstić information content (AvgIpc) is 2.53. The van der Waals surface area contributed by atoms with Gasteiger partial charge >= 0.3 is 13.6 Å². The van der Waals surface area contributed by atoms with Crippen LogP contribution in [0.5, 0.6) is 0 Å². The summed E-state index contributed by atoms with van der Waals surface area (Å²) in [5.74, 6) is -1.11. The van der Waals surface area contributed by atoms with E-state index < -0.39 is 19.6 Å². The van der Waals surface area contributed by atoms with Gasteiger partial charge in [-0.1, -0.05) is 48.5 Å². The van der Waals surface area contributed by atoms with Crippen LogP contribution in [-0.4, -0.2) is 33.1 Å². The predicted molar refractivity (Wildman–Crippen MR) is 91.8 cm³/mol. The summed E-state index contributed by atoms with van der Waals surface area (Å²) in [5, 5.41) is 9.03. The van der Waals surface area contributed by atoms with E-state index in [0.717, 1.165) is 16.7 Å². The summed E-state index contributed by atoms with van der Waals surface area (Å²) in [6, 6.07) is 13.8. The second kappa shape index (κ2) is 7.73. The number of carboxylic acids is 1. The summed E-state index contributed by atoms with van der Waals surface area (Å²) in [7, 11) is -4.16. The van der Waals surface area contributed by atoms with Crippen LogP contribution < -0.4 is 5.73 Å². The van der Waals surface area contributed by atoms with Crippen LogP contribution in [0.3, 0.4) is 0 Å². The fourth-order valence-corrected chi connectivity index (χ4v) is 3.11. The van der Waals surface area contributed by atoms with Crippen molar-refractivity contribution >= 4 is 13.6 Å². The van der Waals surface area contributed by atoms with Crippen LogP contribution in [0.1, 0.15) is 11.1 Å². The smallest absolute Gasteiger partial charge is 0.325 e. The number of benzene rings is 2. The molecule has 7 heteroatoms. The maximum atomic E-state index is 11.3. The van der Waals surface area contributed by atoms with Gasteiger partial charge in [0.2, 0.25) is 0 Å². The van der Waals surface area contributed by atoms with E-state index in [4.69, 9.17) is 10.8 Å². The molecular formula is C17H20NO5P. The predicted octanol–water partition coefficient (Wildman–Crippen LogP) is 2.03. The molecule has 0 aliphatic heterocycles. The number of hydrogen-bond acceptors (Lipinski definition) is 3. The largest absolute Gasteiger partial charge is 0.480 e. The Morgan fingerprint density at radius 3 is 2.33 bits per heavy atom. The van der Waals surface area contributed by atoms with E-state index in [1.165, 1.54) is 0 Å². The molecule has 0 radical (unpaired) electrons. The van der Waals surface area contributed by atoms with Gasteiger partial charge in [0.1, 0.15) is 6.04 Å². The Bertz CT molecular complexity index is 757. The van der Waals surface area contributed by atoms with E-state index in [9.17, 15) is 19.1 Å². The summed E-state index contributed by atoms with van der Waals surface area (Å²) >= 11 is 0. The molecule has 24 heavy (non-hydrogen) atoms. The van der Waals surface area contributed by atoms with Crippen molar-refractivity contribution in [2.24, 2.45) is 5.73 Å². The van der Waals surface area contributed by atoms with Crippen LogP contribution in [0.15, 0.2) is 48.5 Å². The maximum absolute atomic E-state index is 11.3. The van der Waals surface area contributed by atoms with Crippen molar-refractivity contribution < 1.29 is 24.3 Å². The molecule has 2 rings (SSSR count). The molecular weight excluding hydrogens is 329 g/mol. The highest BCUT2D eigenvalue weighted by Gasteiger charge is 2.20. The molecule has 0 aromatic heterocycles. The molecule has 5 N–H and O–H groups in total. The van der Waals surface area contributed by atoms with Crippen molar-refractivity contribution in [1.82, 2.24) is 0 Å². The summed E-state index contributed by atoms with van der Waals surface area (Å²) < 4.78 is 11.3. The Morgan fingerprint density at radius 1 is 1.08 bits per heavy atom. The Labute approximate surface area is 140 Å². The average molecular weight is 349 g/mol. The monoisotopic (exact) mass is 349 g/mol. The Hall–Kier alpha value is -1.98. The van der Waals surface area contributed by atoms with E-state index in [1.807, 2.05) is 36.4 Å². The van der Waals surface area contributed by atoms with Gasteiger partial charge in [-0.3, -0.25) is 9.36 Å². The van der Waals surface area contributed by atoms with E-state index in [1.54, 1.807) is 12.1 Å². The third-order valence-electron chi connectivity index (χ3n) is 3.77. The fraction of sp³-hybridized carbons (Fsp3) is 0.235. The highest BCUT2D eigenvalue weighted by molar-refractivity contribution is 7.51. The summed E-state index contributed by atoms with van der Waals surface area (Å²) in [6.45, 7) is 0. The first-order valence-electron chi connectivity index (χ1n) is 7.47. The number of carboxylic acid groups (broad SMARTS) is 1. The normalized spacial score (nSPS) is 12.8. The van der Waals surface area contributed by atoms with Crippen LogP contribution in [0.4, 0.5) is 0 Å². The molecule has 6 nitrogen and oxygen atoms in total. The van der Waals surface area contributed by atoms with E-state index >= 15 is 0 Å². The zero-order chi connectivity index (χ0) is 17.7.